The zero-order chi connectivity index (χ0) is 10.1. The molecule has 1 heterocycles. The molecule has 0 amide bonds. The maximum Gasteiger partial charge on any atom is 0.346 e. The maximum absolute atomic E-state index is 10.8. The van der Waals surface area contributed by atoms with Gasteiger partial charge in [0, 0.05) is 4.88 Å². The van der Waals surface area contributed by atoms with Gasteiger partial charge >= 0.3 is 5.97 Å². The average Bonchev–Trinajstić information content (AvgIpc) is 2.69. The Labute approximate surface area is 84.9 Å². The third-order valence-electron chi connectivity index (χ3n) is 2.29. The van der Waals surface area contributed by atoms with E-state index < -0.39 is 5.97 Å². The van der Waals surface area contributed by atoms with Gasteiger partial charge in [-0.3, -0.25) is 0 Å². The Morgan fingerprint density at radius 1 is 1.57 bits per heavy atom. The van der Waals surface area contributed by atoms with Crippen molar-refractivity contribution in [3.8, 4) is 6.07 Å². The Morgan fingerprint density at radius 3 is 3.00 bits per heavy atom. The van der Waals surface area contributed by atoms with Gasteiger partial charge in [0.05, 0.1) is 0 Å². The van der Waals surface area contributed by atoms with E-state index in [0.29, 0.717) is 12.0 Å². The molecular formula is C10H7NO2S. The number of hydrogen-bond donors (Lipinski definition) is 1. The number of aliphatic carboxylic acids is 1. The van der Waals surface area contributed by atoms with Crippen LogP contribution < -0.4 is 0 Å². The summed E-state index contributed by atoms with van der Waals surface area (Å²) in [6.07, 6.45) is 1.53. The van der Waals surface area contributed by atoms with Crippen molar-refractivity contribution in [3.63, 3.8) is 0 Å². The number of hydrogen-bond acceptors (Lipinski definition) is 3. The normalized spacial score (nSPS) is 17.4. The van der Waals surface area contributed by atoms with Gasteiger partial charge in [-0.15, -0.1) is 11.3 Å². The first-order valence-electron chi connectivity index (χ1n) is 4.17. The van der Waals surface area contributed by atoms with Gasteiger partial charge in [0.25, 0.3) is 0 Å². The van der Waals surface area contributed by atoms with Crippen LogP contribution in [0.1, 0.15) is 16.9 Å². The first-order chi connectivity index (χ1) is 6.74. The molecule has 0 aliphatic heterocycles. The van der Waals surface area contributed by atoms with Crippen LogP contribution in [0.3, 0.4) is 0 Å². The van der Waals surface area contributed by atoms with E-state index in [0.717, 1.165) is 11.3 Å². The predicted molar refractivity (Wildman–Crippen MR) is 52.8 cm³/mol. The summed E-state index contributed by atoms with van der Waals surface area (Å²) >= 11 is 1.51. The number of nitrogens with zero attached hydrogens (tertiary/aromatic N) is 1. The Hall–Kier alpha value is -1.60. The maximum atomic E-state index is 10.8. The molecule has 0 atom stereocenters. The van der Waals surface area contributed by atoms with Crippen LogP contribution in [0.25, 0.3) is 5.57 Å². The van der Waals surface area contributed by atoms with Crippen LogP contribution in [-0.4, -0.2) is 11.1 Å². The molecule has 0 fully saturated rings. The largest absolute Gasteiger partial charge is 0.477 e. The fourth-order valence-corrected chi connectivity index (χ4v) is 2.69. The SMILES string of the molecule is N#C/C(C(=O)O)=C1/CCc2ccsc21. The van der Waals surface area contributed by atoms with Gasteiger partial charge in [-0.1, -0.05) is 0 Å². The molecule has 0 aromatic carbocycles. The van der Waals surface area contributed by atoms with E-state index in [1.54, 1.807) is 6.07 Å². The lowest BCUT2D eigenvalue weighted by Gasteiger charge is -1.97. The molecule has 14 heavy (non-hydrogen) atoms. The Bertz CT molecular complexity index is 465. The molecule has 2 rings (SSSR count). The Balaban J connectivity index is 2.58. The van der Waals surface area contributed by atoms with Crippen molar-refractivity contribution in [1.82, 2.24) is 0 Å². The van der Waals surface area contributed by atoms with E-state index in [2.05, 4.69) is 0 Å². The second-order valence-corrected chi connectivity index (χ2v) is 3.96. The molecule has 1 N–H and O–H groups in total. The first-order valence-corrected chi connectivity index (χ1v) is 5.05. The number of carboxylic acids is 1. The predicted octanol–water partition coefficient (Wildman–Crippen LogP) is 2.06. The van der Waals surface area contributed by atoms with Gasteiger partial charge in [0.1, 0.15) is 11.6 Å². The molecular weight excluding hydrogens is 198 g/mol. The molecule has 1 aromatic heterocycles. The number of carboxylic acid groups (broad SMARTS) is 1. The van der Waals surface area contributed by atoms with Gasteiger partial charge < -0.3 is 5.11 Å². The summed E-state index contributed by atoms with van der Waals surface area (Å²) in [7, 11) is 0. The first kappa shape index (κ1) is 8.97. The minimum Gasteiger partial charge on any atom is -0.477 e. The van der Waals surface area contributed by atoms with Crippen LogP contribution in [0.4, 0.5) is 0 Å². The number of carbonyl (C=O) groups is 1. The van der Waals surface area contributed by atoms with E-state index >= 15 is 0 Å². The lowest BCUT2D eigenvalue weighted by molar-refractivity contribution is -0.132. The highest BCUT2D eigenvalue weighted by atomic mass is 32.1. The van der Waals surface area contributed by atoms with Crippen molar-refractivity contribution in [2.75, 3.05) is 0 Å². The highest BCUT2D eigenvalue weighted by Crippen LogP contribution is 2.38. The topological polar surface area (TPSA) is 61.1 Å². The van der Waals surface area contributed by atoms with E-state index in [1.807, 2.05) is 11.4 Å². The zero-order valence-electron chi connectivity index (χ0n) is 7.28. The summed E-state index contributed by atoms with van der Waals surface area (Å²) in [5.74, 6) is -1.12. The van der Waals surface area contributed by atoms with Gasteiger partial charge in [-0.2, -0.15) is 5.26 Å². The number of fused-ring (bicyclic) bond motifs is 1. The van der Waals surface area contributed by atoms with Crippen molar-refractivity contribution < 1.29 is 9.90 Å². The van der Waals surface area contributed by atoms with Gasteiger partial charge in [0.15, 0.2) is 0 Å². The molecule has 0 spiro atoms. The van der Waals surface area contributed by atoms with E-state index in [4.69, 9.17) is 10.4 Å². The lowest BCUT2D eigenvalue weighted by atomic mass is 10.1. The lowest BCUT2D eigenvalue weighted by Crippen LogP contribution is -2.00. The average molecular weight is 205 g/mol. The smallest absolute Gasteiger partial charge is 0.346 e. The highest BCUT2D eigenvalue weighted by molar-refractivity contribution is 7.11. The van der Waals surface area contributed by atoms with E-state index in [-0.39, 0.29) is 5.57 Å². The highest BCUT2D eigenvalue weighted by Gasteiger charge is 2.23. The minimum atomic E-state index is -1.12. The molecule has 0 unspecified atom stereocenters. The summed E-state index contributed by atoms with van der Waals surface area (Å²) in [5, 5.41) is 19.5. The van der Waals surface area contributed by atoms with Crippen LogP contribution in [0.5, 0.6) is 0 Å². The number of nitriles is 1. The quantitative estimate of drug-likeness (QED) is 0.563. The van der Waals surface area contributed by atoms with Crippen LogP contribution >= 0.6 is 11.3 Å². The molecule has 3 nitrogen and oxygen atoms in total. The zero-order valence-corrected chi connectivity index (χ0v) is 8.10. The Morgan fingerprint density at radius 2 is 2.36 bits per heavy atom. The fourth-order valence-electron chi connectivity index (χ4n) is 1.65. The molecule has 1 aliphatic carbocycles. The number of rotatable bonds is 1. The molecule has 0 radical (unpaired) electrons. The number of allylic oxidation sites excluding steroid dienone is 1. The minimum absolute atomic E-state index is 0.105. The molecule has 0 saturated carbocycles. The summed E-state index contributed by atoms with van der Waals surface area (Å²) in [4.78, 5) is 11.7. The van der Waals surface area contributed by atoms with Crippen molar-refractivity contribution in [3.05, 3.63) is 27.5 Å². The van der Waals surface area contributed by atoms with Crippen molar-refractivity contribution in [2.45, 2.75) is 12.8 Å². The van der Waals surface area contributed by atoms with E-state index in [1.165, 1.54) is 16.9 Å². The number of aryl methyl sites for hydroxylation is 1. The van der Waals surface area contributed by atoms with Crippen LogP contribution in [0, 0.1) is 11.3 Å². The van der Waals surface area contributed by atoms with Crippen molar-refractivity contribution >= 4 is 22.9 Å². The third kappa shape index (κ3) is 1.22. The fraction of sp³-hybridized carbons (Fsp3) is 0.200. The molecule has 70 valence electrons. The van der Waals surface area contributed by atoms with Crippen LogP contribution in [0.2, 0.25) is 0 Å². The molecule has 0 bridgehead atoms. The summed E-state index contributed by atoms with van der Waals surface area (Å²) in [6, 6.07) is 3.75. The Kier molecular flexibility index (Phi) is 2.10. The third-order valence-corrected chi connectivity index (χ3v) is 3.31. The standard InChI is InChI=1S/C10H7NO2S/c11-5-8(10(12)13)7-2-1-6-3-4-14-9(6)7/h3-4H,1-2H2,(H,12,13)/b8-7+. The second-order valence-electron chi connectivity index (χ2n) is 3.05. The molecule has 4 heteroatoms. The van der Waals surface area contributed by atoms with E-state index in [9.17, 15) is 4.79 Å². The summed E-state index contributed by atoms with van der Waals surface area (Å²) in [6.45, 7) is 0. The summed E-state index contributed by atoms with van der Waals surface area (Å²) < 4.78 is 0. The van der Waals surface area contributed by atoms with Gasteiger partial charge in [-0.25, -0.2) is 4.79 Å². The summed E-state index contributed by atoms with van der Waals surface area (Å²) in [5.41, 5.74) is 1.76. The monoisotopic (exact) mass is 205 g/mol. The van der Waals surface area contributed by atoms with Crippen molar-refractivity contribution in [2.24, 2.45) is 0 Å². The van der Waals surface area contributed by atoms with Crippen LogP contribution in [-0.2, 0) is 11.2 Å². The van der Waals surface area contributed by atoms with Gasteiger partial charge in [-0.05, 0) is 35.4 Å². The second kappa shape index (κ2) is 3.28. The molecule has 1 aliphatic rings. The molecule has 0 saturated heterocycles. The van der Waals surface area contributed by atoms with Gasteiger partial charge in [0.2, 0.25) is 0 Å². The van der Waals surface area contributed by atoms with Crippen molar-refractivity contribution in [1.29, 1.82) is 5.26 Å². The van der Waals surface area contributed by atoms with Crippen LogP contribution in [0.15, 0.2) is 17.0 Å². The number of thiophene rings is 1. The molecule has 1 aromatic rings.